The van der Waals surface area contributed by atoms with Gasteiger partial charge < -0.3 is 10.0 Å². The molecule has 1 aliphatic heterocycles. The molecule has 4 heteroatoms. The number of rotatable bonds is 5. The Morgan fingerprint density at radius 3 is 2.79 bits per heavy atom. The molecule has 1 aromatic rings. The van der Waals surface area contributed by atoms with Gasteiger partial charge in [-0.1, -0.05) is 0 Å². The summed E-state index contributed by atoms with van der Waals surface area (Å²) >= 11 is 0. The Balaban J connectivity index is 1.96. The third kappa shape index (κ3) is 3.85. The number of ketones is 1. The minimum atomic E-state index is -0.315. The van der Waals surface area contributed by atoms with E-state index in [1.54, 1.807) is 12.1 Å². The van der Waals surface area contributed by atoms with E-state index in [-0.39, 0.29) is 24.1 Å². The van der Waals surface area contributed by atoms with E-state index in [0.717, 1.165) is 38.9 Å². The molecule has 0 aliphatic carbocycles. The Morgan fingerprint density at radius 1 is 1.37 bits per heavy atom. The number of hydrogen-bond acceptors (Lipinski definition) is 3. The van der Waals surface area contributed by atoms with Crippen LogP contribution < -0.4 is 0 Å². The summed E-state index contributed by atoms with van der Waals surface area (Å²) < 4.78 is 12.9. The molecule has 1 aromatic carbocycles. The van der Waals surface area contributed by atoms with Crippen LogP contribution in [0.25, 0.3) is 0 Å². The van der Waals surface area contributed by atoms with E-state index in [4.69, 9.17) is 5.11 Å². The number of benzene rings is 1. The molecule has 0 aromatic heterocycles. The molecule has 1 fully saturated rings. The van der Waals surface area contributed by atoms with E-state index < -0.39 is 0 Å². The molecule has 1 heterocycles. The van der Waals surface area contributed by atoms with Crippen molar-refractivity contribution < 1.29 is 14.3 Å². The van der Waals surface area contributed by atoms with Crippen LogP contribution in [0.15, 0.2) is 24.3 Å². The molecule has 0 bridgehead atoms. The normalized spacial score (nSPS) is 20.4. The van der Waals surface area contributed by atoms with Crippen molar-refractivity contribution in [3.63, 3.8) is 0 Å². The lowest BCUT2D eigenvalue weighted by Crippen LogP contribution is -2.39. The second-order valence-corrected chi connectivity index (χ2v) is 5.09. The number of piperidine rings is 1. The van der Waals surface area contributed by atoms with Crippen molar-refractivity contribution >= 4 is 5.78 Å². The van der Waals surface area contributed by atoms with Crippen molar-refractivity contribution in [1.82, 2.24) is 4.90 Å². The average molecular weight is 265 g/mol. The van der Waals surface area contributed by atoms with Gasteiger partial charge in [0.25, 0.3) is 0 Å². The van der Waals surface area contributed by atoms with Gasteiger partial charge in [0.2, 0.25) is 0 Å². The van der Waals surface area contributed by atoms with Crippen LogP contribution in [0.5, 0.6) is 0 Å². The molecule has 1 atom stereocenters. The van der Waals surface area contributed by atoms with Crippen LogP contribution in [0.4, 0.5) is 4.39 Å². The first-order valence-corrected chi connectivity index (χ1v) is 6.83. The lowest BCUT2D eigenvalue weighted by Gasteiger charge is -2.31. The fourth-order valence-electron chi connectivity index (χ4n) is 2.62. The maximum atomic E-state index is 12.9. The molecule has 0 amide bonds. The van der Waals surface area contributed by atoms with Crippen LogP contribution in [0.2, 0.25) is 0 Å². The first-order chi connectivity index (χ1) is 9.20. The van der Waals surface area contributed by atoms with Crippen LogP contribution in [0, 0.1) is 11.7 Å². The highest BCUT2D eigenvalue weighted by atomic mass is 19.1. The largest absolute Gasteiger partial charge is 0.396 e. The number of carbonyl (C=O) groups is 1. The van der Waals surface area contributed by atoms with Crippen molar-refractivity contribution in [2.24, 2.45) is 5.92 Å². The number of nitrogens with zero attached hydrogens (tertiary/aromatic N) is 1. The Bertz CT molecular complexity index is 419. The molecule has 1 saturated heterocycles. The van der Waals surface area contributed by atoms with Crippen LogP contribution in [0.3, 0.4) is 0 Å². The van der Waals surface area contributed by atoms with Crippen LogP contribution >= 0.6 is 0 Å². The van der Waals surface area contributed by atoms with Gasteiger partial charge in [-0.2, -0.15) is 0 Å². The second kappa shape index (κ2) is 6.78. The van der Waals surface area contributed by atoms with E-state index in [1.807, 2.05) is 0 Å². The third-order valence-electron chi connectivity index (χ3n) is 3.64. The summed E-state index contributed by atoms with van der Waals surface area (Å²) in [4.78, 5) is 14.6. The molecule has 1 unspecified atom stereocenters. The zero-order valence-electron chi connectivity index (χ0n) is 11.0. The molecule has 0 saturated carbocycles. The number of carbonyl (C=O) groups excluding carboxylic acids is 1. The molecule has 104 valence electrons. The first kappa shape index (κ1) is 14.2. The minimum Gasteiger partial charge on any atom is -0.396 e. The Hall–Kier alpha value is -1.26. The van der Waals surface area contributed by atoms with Crippen molar-refractivity contribution in [2.45, 2.75) is 19.3 Å². The van der Waals surface area contributed by atoms with E-state index in [9.17, 15) is 9.18 Å². The molecule has 1 aliphatic rings. The molecule has 1 N–H and O–H groups in total. The van der Waals surface area contributed by atoms with Gasteiger partial charge in [0.05, 0.1) is 0 Å². The Morgan fingerprint density at radius 2 is 2.11 bits per heavy atom. The molecule has 2 rings (SSSR count). The highest BCUT2D eigenvalue weighted by molar-refractivity contribution is 5.98. The van der Waals surface area contributed by atoms with Gasteiger partial charge in [0.1, 0.15) is 5.82 Å². The topological polar surface area (TPSA) is 40.5 Å². The predicted molar refractivity (Wildman–Crippen MR) is 71.6 cm³/mol. The number of hydrogen-bond donors (Lipinski definition) is 1. The van der Waals surface area contributed by atoms with E-state index in [2.05, 4.69) is 4.90 Å². The number of Topliss-reactive ketones (excluding diaryl/α,β-unsaturated/α-hetero) is 1. The maximum Gasteiger partial charge on any atom is 0.167 e. The summed E-state index contributed by atoms with van der Waals surface area (Å²) in [6.07, 6.45) is 2.65. The second-order valence-electron chi connectivity index (χ2n) is 5.09. The Kier molecular flexibility index (Phi) is 5.05. The number of aliphatic hydroxyl groups excluding tert-OH is 1. The van der Waals surface area contributed by atoms with E-state index in [0.29, 0.717) is 5.56 Å². The maximum absolute atomic E-state index is 12.9. The standard InChI is InChI=1S/C15H20FNO2/c16-14-6-4-12(5-7-14)15(19)13-3-1-8-17(11-13)9-2-10-18/h4-7,13,18H,1-3,8-11H2. The summed E-state index contributed by atoms with van der Waals surface area (Å²) in [6, 6.07) is 5.79. The van der Waals surface area contributed by atoms with Crippen molar-refractivity contribution in [3.8, 4) is 0 Å². The van der Waals surface area contributed by atoms with Gasteiger partial charge >= 0.3 is 0 Å². The number of halogens is 1. The number of aliphatic hydroxyl groups is 1. The van der Waals surface area contributed by atoms with Crippen LogP contribution in [0.1, 0.15) is 29.6 Å². The van der Waals surface area contributed by atoms with Crippen LogP contribution in [-0.4, -0.2) is 42.0 Å². The summed E-state index contributed by atoms with van der Waals surface area (Å²) in [6.45, 7) is 2.76. The predicted octanol–water partition coefficient (Wildman–Crippen LogP) is 2.10. The summed E-state index contributed by atoms with van der Waals surface area (Å²) in [5.41, 5.74) is 0.593. The molecule has 0 radical (unpaired) electrons. The van der Waals surface area contributed by atoms with E-state index >= 15 is 0 Å². The van der Waals surface area contributed by atoms with Crippen LogP contribution in [-0.2, 0) is 0 Å². The van der Waals surface area contributed by atoms with Gasteiger partial charge in [-0.05, 0) is 50.1 Å². The monoisotopic (exact) mass is 265 g/mol. The van der Waals surface area contributed by atoms with Gasteiger partial charge in [0, 0.05) is 31.2 Å². The third-order valence-corrected chi connectivity index (χ3v) is 3.64. The Labute approximate surface area is 113 Å². The summed E-state index contributed by atoms with van der Waals surface area (Å²) in [7, 11) is 0. The zero-order chi connectivity index (χ0) is 13.7. The summed E-state index contributed by atoms with van der Waals surface area (Å²) in [5.74, 6) is -0.212. The van der Waals surface area contributed by atoms with E-state index in [1.165, 1.54) is 12.1 Å². The highest BCUT2D eigenvalue weighted by Gasteiger charge is 2.26. The van der Waals surface area contributed by atoms with Crippen molar-refractivity contribution in [2.75, 3.05) is 26.2 Å². The smallest absolute Gasteiger partial charge is 0.167 e. The van der Waals surface area contributed by atoms with Gasteiger partial charge in [-0.15, -0.1) is 0 Å². The average Bonchev–Trinajstić information content (AvgIpc) is 2.45. The zero-order valence-corrected chi connectivity index (χ0v) is 11.0. The minimum absolute atomic E-state index is 0.00194. The van der Waals surface area contributed by atoms with Crippen molar-refractivity contribution in [3.05, 3.63) is 35.6 Å². The summed E-state index contributed by atoms with van der Waals surface area (Å²) in [5, 5.41) is 8.85. The first-order valence-electron chi connectivity index (χ1n) is 6.83. The van der Waals surface area contributed by atoms with Gasteiger partial charge in [-0.25, -0.2) is 4.39 Å². The molecular formula is C15H20FNO2. The van der Waals surface area contributed by atoms with Gasteiger partial charge in [-0.3, -0.25) is 4.79 Å². The SMILES string of the molecule is O=C(c1ccc(F)cc1)C1CCCN(CCCO)C1. The molecule has 0 spiro atoms. The molecule has 3 nitrogen and oxygen atoms in total. The lowest BCUT2D eigenvalue weighted by molar-refractivity contribution is 0.0812. The molecule has 19 heavy (non-hydrogen) atoms. The quantitative estimate of drug-likeness (QED) is 0.829. The fraction of sp³-hybridized carbons (Fsp3) is 0.533. The van der Waals surface area contributed by atoms with Gasteiger partial charge in [0.15, 0.2) is 5.78 Å². The number of likely N-dealkylation sites (tertiary alicyclic amines) is 1. The lowest BCUT2D eigenvalue weighted by atomic mass is 9.90. The molecular weight excluding hydrogens is 245 g/mol. The fourth-order valence-corrected chi connectivity index (χ4v) is 2.62. The van der Waals surface area contributed by atoms with Crippen molar-refractivity contribution in [1.29, 1.82) is 0 Å². The highest BCUT2D eigenvalue weighted by Crippen LogP contribution is 2.21.